The maximum atomic E-state index is 12.9. The van der Waals surface area contributed by atoms with Gasteiger partial charge >= 0.3 is 0 Å². The second-order valence-corrected chi connectivity index (χ2v) is 6.65. The molecule has 0 atom stereocenters. The van der Waals surface area contributed by atoms with Gasteiger partial charge in [-0.1, -0.05) is 12.1 Å². The highest BCUT2D eigenvalue weighted by atomic mass is 16.2. The van der Waals surface area contributed by atoms with Crippen LogP contribution in [0.2, 0.25) is 0 Å². The highest BCUT2D eigenvalue weighted by molar-refractivity contribution is 6.05. The Kier molecular flexibility index (Phi) is 5.69. The Labute approximate surface area is 159 Å². The average molecular weight is 367 g/mol. The third-order valence-electron chi connectivity index (χ3n) is 4.77. The summed E-state index contributed by atoms with van der Waals surface area (Å²) < 4.78 is 0. The standard InChI is InChI=1S/C20H25N5O2/c1-4-25(18-7-5-6-15(2)12-18)19(27)17-13-21-20(22-14-17)24-10-8-23(9-11-24)16(3)26/h5-7,12-14H,4,8-11H2,1-3H3. The zero-order valence-electron chi connectivity index (χ0n) is 16.1. The molecule has 2 heterocycles. The first-order valence-corrected chi connectivity index (χ1v) is 9.20. The van der Waals surface area contributed by atoms with Gasteiger partial charge in [0, 0.05) is 57.7 Å². The number of carbonyl (C=O) groups is 2. The first kappa shape index (κ1) is 18.8. The van der Waals surface area contributed by atoms with E-state index in [1.807, 2.05) is 47.9 Å². The minimum Gasteiger partial charge on any atom is -0.339 e. The first-order valence-electron chi connectivity index (χ1n) is 9.20. The van der Waals surface area contributed by atoms with Gasteiger partial charge in [-0.2, -0.15) is 0 Å². The third kappa shape index (κ3) is 4.24. The normalized spacial score (nSPS) is 14.2. The molecule has 0 unspecified atom stereocenters. The number of hydrogen-bond donors (Lipinski definition) is 0. The molecule has 0 bridgehead atoms. The topological polar surface area (TPSA) is 69.6 Å². The molecule has 27 heavy (non-hydrogen) atoms. The maximum Gasteiger partial charge on any atom is 0.261 e. The van der Waals surface area contributed by atoms with Gasteiger partial charge < -0.3 is 14.7 Å². The Balaban J connectivity index is 1.71. The van der Waals surface area contributed by atoms with Gasteiger partial charge in [0.1, 0.15) is 0 Å². The molecular formula is C20H25N5O2. The number of nitrogens with zero attached hydrogens (tertiary/aromatic N) is 5. The number of benzene rings is 1. The summed E-state index contributed by atoms with van der Waals surface area (Å²) in [5.74, 6) is 0.566. The minimum absolute atomic E-state index is 0.0901. The third-order valence-corrected chi connectivity index (χ3v) is 4.77. The molecule has 1 aliphatic rings. The molecule has 1 aromatic carbocycles. The van der Waals surface area contributed by atoms with Crippen LogP contribution in [0, 0.1) is 6.92 Å². The summed E-state index contributed by atoms with van der Waals surface area (Å²) >= 11 is 0. The van der Waals surface area contributed by atoms with E-state index in [-0.39, 0.29) is 11.8 Å². The van der Waals surface area contributed by atoms with E-state index in [0.29, 0.717) is 44.2 Å². The monoisotopic (exact) mass is 367 g/mol. The van der Waals surface area contributed by atoms with E-state index in [2.05, 4.69) is 9.97 Å². The molecule has 2 amide bonds. The van der Waals surface area contributed by atoms with Crippen molar-refractivity contribution in [2.24, 2.45) is 0 Å². The van der Waals surface area contributed by atoms with Crippen molar-refractivity contribution in [1.82, 2.24) is 14.9 Å². The van der Waals surface area contributed by atoms with Gasteiger partial charge in [-0.05, 0) is 31.5 Å². The van der Waals surface area contributed by atoms with E-state index in [1.165, 1.54) is 0 Å². The number of piperazine rings is 1. The summed E-state index contributed by atoms with van der Waals surface area (Å²) in [5.41, 5.74) is 2.44. The predicted molar refractivity (Wildman–Crippen MR) is 105 cm³/mol. The molecule has 0 radical (unpaired) electrons. The van der Waals surface area contributed by atoms with Crippen molar-refractivity contribution in [1.29, 1.82) is 0 Å². The molecular weight excluding hydrogens is 342 g/mol. The van der Waals surface area contributed by atoms with Crippen molar-refractivity contribution >= 4 is 23.5 Å². The van der Waals surface area contributed by atoms with Crippen molar-refractivity contribution in [3.63, 3.8) is 0 Å². The highest BCUT2D eigenvalue weighted by Crippen LogP contribution is 2.19. The number of amides is 2. The average Bonchev–Trinajstić information content (AvgIpc) is 2.69. The summed E-state index contributed by atoms with van der Waals surface area (Å²) in [6, 6.07) is 7.87. The lowest BCUT2D eigenvalue weighted by Gasteiger charge is -2.34. The van der Waals surface area contributed by atoms with Crippen LogP contribution in [0.25, 0.3) is 0 Å². The largest absolute Gasteiger partial charge is 0.339 e. The summed E-state index contributed by atoms with van der Waals surface area (Å²) in [6.45, 7) is 8.81. The summed E-state index contributed by atoms with van der Waals surface area (Å²) in [6.07, 6.45) is 3.17. The van der Waals surface area contributed by atoms with Crippen molar-refractivity contribution in [3.8, 4) is 0 Å². The van der Waals surface area contributed by atoms with Gasteiger partial charge in [0.25, 0.3) is 5.91 Å². The fourth-order valence-corrected chi connectivity index (χ4v) is 3.21. The number of rotatable bonds is 4. The lowest BCUT2D eigenvalue weighted by molar-refractivity contribution is -0.129. The lowest BCUT2D eigenvalue weighted by Crippen LogP contribution is -2.48. The number of aryl methyl sites for hydroxylation is 1. The molecule has 0 N–H and O–H groups in total. The smallest absolute Gasteiger partial charge is 0.261 e. The number of carbonyl (C=O) groups excluding carboxylic acids is 2. The van der Waals surface area contributed by atoms with Gasteiger partial charge in [0.2, 0.25) is 11.9 Å². The first-order chi connectivity index (χ1) is 13.0. The fourth-order valence-electron chi connectivity index (χ4n) is 3.21. The zero-order valence-corrected chi connectivity index (χ0v) is 16.1. The van der Waals surface area contributed by atoms with Crippen molar-refractivity contribution in [3.05, 3.63) is 47.8 Å². The van der Waals surface area contributed by atoms with Crippen LogP contribution in [0.1, 0.15) is 29.8 Å². The quantitative estimate of drug-likeness (QED) is 0.828. The molecule has 1 aromatic heterocycles. The highest BCUT2D eigenvalue weighted by Gasteiger charge is 2.22. The van der Waals surface area contributed by atoms with Crippen LogP contribution in [0.5, 0.6) is 0 Å². The fraction of sp³-hybridized carbons (Fsp3) is 0.400. The molecule has 7 nitrogen and oxygen atoms in total. The zero-order chi connectivity index (χ0) is 19.4. The Morgan fingerprint density at radius 2 is 1.78 bits per heavy atom. The van der Waals surface area contributed by atoms with Crippen LogP contribution in [0.4, 0.5) is 11.6 Å². The van der Waals surface area contributed by atoms with Crippen molar-refractivity contribution in [2.75, 3.05) is 42.5 Å². The molecule has 1 fully saturated rings. The van der Waals surface area contributed by atoms with E-state index in [1.54, 1.807) is 24.2 Å². The van der Waals surface area contributed by atoms with Crippen LogP contribution in [0.3, 0.4) is 0 Å². The molecule has 0 spiro atoms. The molecule has 0 saturated carbocycles. The molecule has 7 heteroatoms. The summed E-state index contributed by atoms with van der Waals surface area (Å²) in [7, 11) is 0. The second kappa shape index (κ2) is 8.16. The van der Waals surface area contributed by atoms with E-state index in [4.69, 9.17) is 0 Å². The number of aromatic nitrogens is 2. The van der Waals surface area contributed by atoms with Crippen LogP contribution < -0.4 is 9.80 Å². The van der Waals surface area contributed by atoms with Crippen LogP contribution in [-0.4, -0.2) is 59.4 Å². The molecule has 3 rings (SSSR count). The minimum atomic E-state index is -0.115. The molecule has 2 aromatic rings. The van der Waals surface area contributed by atoms with Gasteiger partial charge in [-0.15, -0.1) is 0 Å². The van der Waals surface area contributed by atoms with E-state index >= 15 is 0 Å². The van der Waals surface area contributed by atoms with Gasteiger partial charge in [-0.25, -0.2) is 9.97 Å². The molecule has 1 saturated heterocycles. The number of anilines is 2. The Morgan fingerprint density at radius 1 is 1.11 bits per heavy atom. The summed E-state index contributed by atoms with van der Waals surface area (Å²) in [5, 5.41) is 0. The molecule has 142 valence electrons. The molecule has 0 aliphatic carbocycles. The predicted octanol–water partition coefficient (Wildman–Crippen LogP) is 2.12. The van der Waals surface area contributed by atoms with Crippen molar-refractivity contribution < 1.29 is 9.59 Å². The summed E-state index contributed by atoms with van der Waals surface area (Å²) in [4.78, 5) is 38.6. The van der Waals surface area contributed by atoms with Crippen LogP contribution in [-0.2, 0) is 4.79 Å². The Morgan fingerprint density at radius 3 is 2.33 bits per heavy atom. The van der Waals surface area contributed by atoms with E-state index in [9.17, 15) is 9.59 Å². The van der Waals surface area contributed by atoms with E-state index in [0.717, 1.165) is 11.3 Å². The van der Waals surface area contributed by atoms with Gasteiger partial charge in [0.05, 0.1) is 5.56 Å². The SMILES string of the molecule is CCN(C(=O)c1cnc(N2CCN(C(C)=O)CC2)nc1)c1cccc(C)c1. The Bertz CT molecular complexity index is 813. The van der Waals surface area contributed by atoms with Crippen LogP contribution in [0.15, 0.2) is 36.7 Å². The van der Waals surface area contributed by atoms with Gasteiger partial charge in [-0.3, -0.25) is 9.59 Å². The van der Waals surface area contributed by atoms with Gasteiger partial charge in [0.15, 0.2) is 0 Å². The number of hydrogen-bond acceptors (Lipinski definition) is 5. The molecule has 1 aliphatic heterocycles. The second-order valence-electron chi connectivity index (χ2n) is 6.65. The lowest BCUT2D eigenvalue weighted by atomic mass is 10.2. The maximum absolute atomic E-state index is 12.9. The van der Waals surface area contributed by atoms with Crippen molar-refractivity contribution in [2.45, 2.75) is 20.8 Å². The Hall–Kier alpha value is -2.96. The van der Waals surface area contributed by atoms with Crippen LogP contribution >= 0.6 is 0 Å². The van der Waals surface area contributed by atoms with E-state index < -0.39 is 0 Å².